The van der Waals surface area contributed by atoms with Gasteiger partial charge in [0.15, 0.2) is 0 Å². The smallest absolute Gasteiger partial charge is 0.223 e. The number of hydrogen-bond acceptors (Lipinski definition) is 1. The Morgan fingerprint density at radius 3 is 2.50 bits per heavy atom. The lowest BCUT2D eigenvalue weighted by atomic mass is 10.0. The minimum absolute atomic E-state index is 0.124. The Balaban J connectivity index is 1.94. The summed E-state index contributed by atoms with van der Waals surface area (Å²) in [6.07, 6.45) is 4.25. The van der Waals surface area contributed by atoms with Crippen LogP contribution in [0.1, 0.15) is 43.7 Å². The van der Waals surface area contributed by atoms with Gasteiger partial charge >= 0.3 is 0 Å². The molecule has 2 heterocycles. The zero-order chi connectivity index (χ0) is 12.7. The van der Waals surface area contributed by atoms with E-state index in [0.717, 1.165) is 31.7 Å². The number of carbonyl (C=O) groups excluding carboxylic acids is 1. The fourth-order valence-corrected chi connectivity index (χ4v) is 3.26. The van der Waals surface area contributed by atoms with Gasteiger partial charge in [0.25, 0.3) is 0 Å². The average molecular weight is 251 g/mol. The van der Waals surface area contributed by atoms with Crippen molar-refractivity contribution in [1.82, 2.24) is 4.90 Å². The maximum Gasteiger partial charge on any atom is 0.223 e. The van der Waals surface area contributed by atoms with E-state index < -0.39 is 11.6 Å². The van der Waals surface area contributed by atoms with Crippen molar-refractivity contribution in [3.63, 3.8) is 0 Å². The number of halogens is 2. The van der Waals surface area contributed by atoms with Gasteiger partial charge in [0, 0.05) is 18.5 Å². The van der Waals surface area contributed by atoms with Gasteiger partial charge in [0.2, 0.25) is 5.91 Å². The van der Waals surface area contributed by atoms with E-state index in [9.17, 15) is 13.6 Å². The van der Waals surface area contributed by atoms with Crippen molar-refractivity contribution in [2.75, 3.05) is 0 Å². The number of carbonyl (C=O) groups is 1. The summed E-state index contributed by atoms with van der Waals surface area (Å²) < 4.78 is 26.5. The van der Waals surface area contributed by atoms with Crippen LogP contribution in [0.2, 0.25) is 0 Å². The maximum absolute atomic E-state index is 13.3. The summed E-state index contributed by atoms with van der Waals surface area (Å²) in [4.78, 5) is 13.8. The third kappa shape index (κ3) is 1.89. The van der Waals surface area contributed by atoms with Crippen molar-refractivity contribution < 1.29 is 13.6 Å². The van der Waals surface area contributed by atoms with Crippen molar-refractivity contribution in [1.29, 1.82) is 0 Å². The molecule has 0 saturated carbocycles. The van der Waals surface area contributed by atoms with E-state index in [2.05, 4.69) is 0 Å². The molecule has 3 rings (SSSR count). The second-order valence-corrected chi connectivity index (χ2v) is 5.14. The Hall–Kier alpha value is -1.45. The minimum atomic E-state index is -0.571. The van der Waals surface area contributed by atoms with Gasteiger partial charge in [0.1, 0.15) is 11.6 Å². The molecule has 2 nitrogen and oxygen atoms in total. The zero-order valence-corrected chi connectivity index (χ0v) is 10.0. The zero-order valence-electron chi connectivity index (χ0n) is 10.0. The van der Waals surface area contributed by atoms with E-state index in [1.165, 1.54) is 12.1 Å². The van der Waals surface area contributed by atoms with Gasteiger partial charge in [-0.05, 0) is 43.4 Å². The van der Waals surface area contributed by atoms with Crippen LogP contribution in [0.25, 0.3) is 0 Å². The van der Waals surface area contributed by atoms with E-state index in [1.807, 2.05) is 4.90 Å². The first-order valence-corrected chi connectivity index (χ1v) is 6.42. The molecule has 1 aromatic rings. The Morgan fingerprint density at radius 2 is 1.78 bits per heavy atom. The lowest BCUT2D eigenvalue weighted by molar-refractivity contribution is -0.136. The number of fused-ring (bicyclic) bond motifs is 1. The molecule has 96 valence electrons. The molecular formula is C14H15F2NO. The SMILES string of the molecule is O=C1CCC[C@H]2CC[C@@H](c3cc(F)cc(F)c3)N12. The van der Waals surface area contributed by atoms with Crippen molar-refractivity contribution in [3.8, 4) is 0 Å². The number of benzene rings is 1. The molecular weight excluding hydrogens is 236 g/mol. The van der Waals surface area contributed by atoms with Crippen LogP contribution in [0.4, 0.5) is 8.78 Å². The molecule has 4 heteroatoms. The summed E-state index contributed by atoms with van der Waals surface area (Å²) in [7, 11) is 0. The molecule has 1 aromatic carbocycles. The fraction of sp³-hybridized carbons (Fsp3) is 0.500. The maximum atomic E-state index is 13.3. The molecule has 0 aliphatic carbocycles. The van der Waals surface area contributed by atoms with Crippen molar-refractivity contribution >= 4 is 5.91 Å². The molecule has 1 amide bonds. The predicted octanol–water partition coefficient (Wildman–Crippen LogP) is 3.18. The van der Waals surface area contributed by atoms with E-state index in [4.69, 9.17) is 0 Å². The molecule has 0 unspecified atom stereocenters. The highest BCUT2D eigenvalue weighted by Gasteiger charge is 2.39. The van der Waals surface area contributed by atoms with Crippen LogP contribution in [-0.4, -0.2) is 16.8 Å². The Bertz CT molecular complexity index is 468. The Kier molecular flexibility index (Phi) is 2.80. The molecule has 2 fully saturated rings. The summed E-state index contributed by atoms with van der Waals surface area (Å²) in [6, 6.07) is 3.68. The average Bonchev–Trinajstić information content (AvgIpc) is 2.73. The largest absolute Gasteiger partial charge is 0.333 e. The molecule has 2 aliphatic rings. The van der Waals surface area contributed by atoms with Crippen LogP contribution >= 0.6 is 0 Å². The van der Waals surface area contributed by atoms with Crippen molar-refractivity contribution in [2.45, 2.75) is 44.2 Å². The summed E-state index contributed by atoms with van der Waals surface area (Å²) in [5.74, 6) is -1.02. The minimum Gasteiger partial charge on any atom is -0.333 e. The fourth-order valence-electron chi connectivity index (χ4n) is 3.26. The van der Waals surface area contributed by atoms with Gasteiger partial charge in [0.05, 0.1) is 6.04 Å². The van der Waals surface area contributed by atoms with Crippen LogP contribution in [0.5, 0.6) is 0 Å². The third-order valence-electron chi connectivity index (χ3n) is 3.99. The van der Waals surface area contributed by atoms with Crippen LogP contribution in [0.3, 0.4) is 0 Å². The molecule has 0 N–H and O–H groups in total. The summed E-state index contributed by atoms with van der Waals surface area (Å²) in [5, 5.41) is 0. The number of amides is 1. The molecule has 2 saturated heterocycles. The van der Waals surface area contributed by atoms with Crippen LogP contribution in [0.15, 0.2) is 18.2 Å². The first-order valence-electron chi connectivity index (χ1n) is 6.42. The molecule has 0 spiro atoms. The van der Waals surface area contributed by atoms with Gasteiger partial charge < -0.3 is 4.90 Å². The second-order valence-electron chi connectivity index (χ2n) is 5.14. The second kappa shape index (κ2) is 4.34. The van der Waals surface area contributed by atoms with Gasteiger partial charge in [-0.3, -0.25) is 4.79 Å². The van der Waals surface area contributed by atoms with Crippen LogP contribution in [-0.2, 0) is 4.79 Å². The number of hydrogen-bond donors (Lipinski definition) is 0. The van der Waals surface area contributed by atoms with E-state index in [1.54, 1.807) is 0 Å². The number of rotatable bonds is 1. The van der Waals surface area contributed by atoms with Gasteiger partial charge in [-0.1, -0.05) is 0 Å². The number of piperidine rings is 1. The van der Waals surface area contributed by atoms with Crippen molar-refractivity contribution in [2.24, 2.45) is 0 Å². The molecule has 0 bridgehead atoms. The van der Waals surface area contributed by atoms with Crippen molar-refractivity contribution in [3.05, 3.63) is 35.4 Å². The van der Waals surface area contributed by atoms with E-state index >= 15 is 0 Å². The lowest BCUT2D eigenvalue weighted by Gasteiger charge is -2.34. The lowest BCUT2D eigenvalue weighted by Crippen LogP contribution is -2.40. The first-order chi connectivity index (χ1) is 8.65. The van der Waals surface area contributed by atoms with Gasteiger partial charge in [-0.15, -0.1) is 0 Å². The normalized spacial score (nSPS) is 27.4. The topological polar surface area (TPSA) is 20.3 Å². The summed E-state index contributed by atoms with van der Waals surface area (Å²) in [5.41, 5.74) is 0.588. The highest BCUT2D eigenvalue weighted by molar-refractivity contribution is 5.78. The monoisotopic (exact) mass is 251 g/mol. The number of nitrogens with zero attached hydrogens (tertiary/aromatic N) is 1. The molecule has 0 aromatic heterocycles. The standard InChI is InChI=1S/C14H15F2NO/c15-10-6-9(7-11(16)8-10)13-5-4-12-2-1-3-14(18)17(12)13/h6-8,12-13H,1-5H2/t12-,13-/m0/s1. The van der Waals surface area contributed by atoms with Gasteiger partial charge in [-0.2, -0.15) is 0 Å². The third-order valence-corrected chi connectivity index (χ3v) is 3.99. The van der Waals surface area contributed by atoms with Crippen LogP contribution in [0, 0.1) is 11.6 Å². The molecule has 0 radical (unpaired) electrons. The summed E-state index contributed by atoms with van der Waals surface area (Å²) in [6.45, 7) is 0. The first kappa shape index (κ1) is 11.6. The van der Waals surface area contributed by atoms with E-state index in [-0.39, 0.29) is 18.0 Å². The quantitative estimate of drug-likeness (QED) is 0.750. The highest BCUT2D eigenvalue weighted by atomic mass is 19.1. The Labute approximate surface area is 105 Å². The van der Waals surface area contributed by atoms with Gasteiger partial charge in [-0.25, -0.2) is 8.78 Å². The Morgan fingerprint density at radius 1 is 1.06 bits per heavy atom. The van der Waals surface area contributed by atoms with Crippen LogP contribution < -0.4 is 0 Å². The predicted molar refractivity (Wildman–Crippen MR) is 62.8 cm³/mol. The summed E-state index contributed by atoms with van der Waals surface area (Å²) >= 11 is 0. The van der Waals surface area contributed by atoms with E-state index in [0.29, 0.717) is 12.0 Å². The molecule has 18 heavy (non-hydrogen) atoms. The molecule has 2 aliphatic heterocycles. The molecule has 2 atom stereocenters. The highest BCUT2D eigenvalue weighted by Crippen LogP contribution is 2.41.